The molecule has 2 rings (SSSR count). The monoisotopic (exact) mass is 433 g/mol. The van der Waals surface area contributed by atoms with E-state index in [1.807, 2.05) is 30.3 Å². The standard InChI is InChI=1S/C21H31N5O3S/c1-20(2)13-30(29,14-21(3,4)19(25-23)18(20)22)26-17(28)11-10-16(27)24-12-15-8-6-5-7-9-15/h5-9,22H,10-14,23H2,1-4H3,(H,24,27). The average molecular weight is 434 g/mol. The topological polar surface area (TPSA) is 138 Å². The van der Waals surface area contributed by atoms with E-state index in [9.17, 15) is 13.8 Å². The molecule has 1 heterocycles. The lowest BCUT2D eigenvalue weighted by atomic mass is 9.78. The Morgan fingerprint density at radius 3 is 2.30 bits per heavy atom. The molecule has 1 aliphatic heterocycles. The molecule has 1 aliphatic rings. The number of nitrogens with zero attached hydrogens (tertiary/aromatic N) is 2. The average Bonchev–Trinajstić information content (AvgIpc) is 2.68. The molecule has 1 unspecified atom stereocenters. The van der Waals surface area contributed by atoms with Crippen molar-refractivity contribution in [3.05, 3.63) is 35.9 Å². The predicted molar refractivity (Wildman–Crippen MR) is 120 cm³/mol. The van der Waals surface area contributed by atoms with Gasteiger partial charge >= 0.3 is 0 Å². The molecular formula is C21H31N5O3S. The number of rotatable bonds is 5. The Bertz CT molecular complexity index is 974. The van der Waals surface area contributed by atoms with Crippen molar-refractivity contribution in [1.82, 2.24) is 5.32 Å². The summed E-state index contributed by atoms with van der Waals surface area (Å²) in [6.45, 7) is 7.53. The van der Waals surface area contributed by atoms with Gasteiger partial charge in [0.05, 0.1) is 21.2 Å². The molecule has 0 aliphatic carbocycles. The molecule has 164 valence electrons. The number of carbonyl (C=O) groups excluding carboxylic acids is 2. The summed E-state index contributed by atoms with van der Waals surface area (Å²) in [5, 5.41) is 15.0. The Hall–Kier alpha value is -2.55. The predicted octanol–water partition coefficient (Wildman–Crippen LogP) is 2.48. The van der Waals surface area contributed by atoms with Crippen molar-refractivity contribution in [3.63, 3.8) is 0 Å². The third-order valence-corrected chi connectivity index (χ3v) is 7.91. The molecule has 9 heteroatoms. The number of carbonyl (C=O) groups is 2. The fourth-order valence-electron chi connectivity index (χ4n) is 3.62. The van der Waals surface area contributed by atoms with Gasteiger partial charge in [-0.05, 0) is 5.56 Å². The molecule has 0 spiro atoms. The maximum absolute atomic E-state index is 13.5. The van der Waals surface area contributed by atoms with E-state index in [0.717, 1.165) is 5.56 Å². The van der Waals surface area contributed by atoms with Gasteiger partial charge in [-0.25, -0.2) is 4.21 Å². The fraction of sp³-hybridized carbons (Fsp3) is 0.524. The van der Waals surface area contributed by atoms with Crippen LogP contribution in [0.1, 0.15) is 46.1 Å². The first-order valence-electron chi connectivity index (χ1n) is 9.82. The summed E-state index contributed by atoms with van der Waals surface area (Å²) in [5.41, 5.74) is 0.00402. The quantitative estimate of drug-likeness (QED) is 0.485. The van der Waals surface area contributed by atoms with Crippen LogP contribution in [-0.2, 0) is 25.9 Å². The highest BCUT2D eigenvalue weighted by Gasteiger charge is 2.44. The lowest BCUT2D eigenvalue weighted by molar-refractivity contribution is -0.125. The van der Waals surface area contributed by atoms with Gasteiger partial charge in [-0.15, -0.1) is 0 Å². The van der Waals surface area contributed by atoms with E-state index in [-0.39, 0.29) is 36.0 Å². The minimum atomic E-state index is -2.95. The van der Waals surface area contributed by atoms with Crippen LogP contribution in [0, 0.1) is 16.2 Å². The van der Waals surface area contributed by atoms with Crippen molar-refractivity contribution in [2.24, 2.45) is 26.1 Å². The summed E-state index contributed by atoms with van der Waals surface area (Å²) in [4.78, 5) is 24.5. The van der Waals surface area contributed by atoms with E-state index in [0.29, 0.717) is 12.3 Å². The second-order valence-electron chi connectivity index (χ2n) is 8.93. The van der Waals surface area contributed by atoms with E-state index in [1.165, 1.54) is 0 Å². The molecule has 2 amide bonds. The largest absolute Gasteiger partial charge is 0.352 e. The Morgan fingerprint density at radius 1 is 1.10 bits per heavy atom. The molecule has 0 bridgehead atoms. The lowest BCUT2D eigenvalue weighted by Crippen LogP contribution is -2.39. The molecule has 8 nitrogen and oxygen atoms in total. The minimum Gasteiger partial charge on any atom is -0.352 e. The zero-order valence-corrected chi connectivity index (χ0v) is 18.8. The first-order valence-corrected chi connectivity index (χ1v) is 11.7. The van der Waals surface area contributed by atoms with Gasteiger partial charge in [0.25, 0.3) is 5.91 Å². The first-order chi connectivity index (χ1) is 13.9. The van der Waals surface area contributed by atoms with Gasteiger partial charge < -0.3 is 16.6 Å². The van der Waals surface area contributed by atoms with Crippen LogP contribution in [0.4, 0.5) is 0 Å². The van der Waals surface area contributed by atoms with E-state index in [4.69, 9.17) is 11.3 Å². The molecule has 1 atom stereocenters. The smallest absolute Gasteiger partial charge is 0.254 e. The number of hydrogen-bond acceptors (Lipinski definition) is 6. The molecule has 0 saturated carbocycles. The van der Waals surface area contributed by atoms with Gasteiger partial charge in [0.1, 0.15) is 0 Å². The zero-order chi connectivity index (χ0) is 22.6. The van der Waals surface area contributed by atoms with E-state index < -0.39 is 26.5 Å². The summed E-state index contributed by atoms with van der Waals surface area (Å²) in [6, 6.07) is 9.47. The molecule has 1 saturated heterocycles. The zero-order valence-electron chi connectivity index (χ0n) is 18.0. The summed E-state index contributed by atoms with van der Waals surface area (Å²) in [6.07, 6.45) is -0.142. The van der Waals surface area contributed by atoms with Gasteiger partial charge in [-0.2, -0.15) is 9.46 Å². The van der Waals surface area contributed by atoms with Crippen LogP contribution >= 0.6 is 0 Å². The Morgan fingerprint density at radius 2 is 1.70 bits per heavy atom. The van der Waals surface area contributed by atoms with Crippen molar-refractivity contribution in [2.75, 3.05) is 11.5 Å². The Balaban J connectivity index is 2.08. The highest BCUT2D eigenvalue weighted by atomic mass is 32.2. The Kier molecular flexibility index (Phi) is 7.18. The number of hydrazone groups is 1. The van der Waals surface area contributed by atoms with Crippen LogP contribution in [0.3, 0.4) is 0 Å². The maximum atomic E-state index is 13.5. The number of nitrogens with one attached hydrogen (secondary N) is 2. The molecule has 30 heavy (non-hydrogen) atoms. The lowest BCUT2D eigenvalue weighted by Gasteiger charge is -2.26. The summed E-state index contributed by atoms with van der Waals surface area (Å²) >= 11 is 0. The van der Waals surface area contributed by atoms with Crippen LogP contribution in [0.5, 0.6) is 0 Å². The molecule has 1 aromatic rings. The summed E-state index contributed by atoms with van der Waals surface area (Å²) in [5.74, 6) is 4.82. The summed E-state index contributed by atoms with van der Waals surface area (Å²) in [7, 11) is -2.95. The fourth-order valence-corrected chi connectivity index (χ4v) is 6.85. The van der Waals surface area contributed by atoms with Crippen LogP contribution in [-0.4, -0.2) is 39.0 Å². The van der Waals surface area contributed by atoms with Gasteiger partial charge in [-0.1, -0.05) is 58.0 Å². The highest BCUT2D eigenvalue weighted by molar-refractivity contribution is 7.94. The first kappa shape index (κ1) is 23.7. The number of benzene rings is 1. The number of amides is 2. The molecule has 4 N–H and O–H groups in total. The molecular weight excluding hydrogens is 402 g/mol. The van der Waals surface area contributed by atoms with Gasteiger partial charge in [0.2, 0.25) is 5.91 Å². The third-order valence-electron chi connectivity index (χ3n) is 5.02. The number of hydrogen-bond donors (Lipinski definition) is 3. The Labute approximate surface area is 178 Å². The van der Waals surface area contributed by atoms with Gasteiger partial charge in [0.15, 0.2) is 0 Å². The van der Waals surface area contributed by atoms with Gasteiger partial charge in [0, 0.05) is 41.7 Å². The van der Waals surface area contributed by atoms with E-state index in [2.05, 4.69) is 14.8 Å². The second kappa shape index (κ2) is 9.07. The van der Waals surface area contributed by atoms with Crippen LogP contribution in [0.25, 0.3) is 0 Å². The van der Waals surface area contributed by atoms with Gasteiger partial charge in [-0.3, -0.25) is 9.59 Å². The molecule has 0 radical (unpaired) electrons. The summed E-state index contributed by atoms with van der Waals surface area (Å²) < 4.78 is 17.6. The van der Waals surface area contributed by atoms with Crippen molar-refractivity contribution in [2.45, 2.75) is 47.1 Å². The van der Waals surface area contributed by atoms with E-state index in [1.54, 1.807) is 27.7 Å². The molecule has 1 fully saturated rings. The van der Waals surface area contributed by atoms with Crippen LogP contribution < -0.4 is 11.2 Å². The normalized spacial score (nSPS) is 24.1. The van der Waals surface area contributed by atoms with Crippen molar-refractivity contribution in [3.8, 4) is 0 Å². The molecule has 1 aromatic carbocycles. The van der Waals surface area contributed by atoms with E-state index >= 15 is 0 Å². The van der Waals surface area contributed by atoms with Crippen LogP contribution in [0.15, 0.2) is 39.8 Å². The third kappa shape index (κ3) is 5.98. The molecule has 0 aromatic heterocycles. The highest BCUT2D eigenvalue weighted by Crippen LogP contribution is 2.35. The minimum absolute atomic E-state index is 0.0250. The van der Waals surface area contributed by atoms with Crippen LogP contribution in [0.2, 0.25) is 0 Å². The maximum Gasteiger partial charge on any atom is 0.254 e. The van der Waals surface area contributed by atoms with Crippen molar-refractivity contribution < 1.29 is 13.8 Å². The van der Waals surface area contributed by atoms with Crippen molar-refractivity contribution in [1.29, 1.82) is 5.41 Å². The number of nitrogens with two attached hydrogens (primary N) is 1. The van der Waals surface area contributed by atoms with Crippen molar-refractivity contribution >= 4 is 33.0 Å². The SMILES string of the molecule is CC1(C)CS(=O)(=NC(=O)CCC(=O)NCc2ccccc2)CC(C)(C)C(=NN)C1=N. The second-order valence-corrected chi connectivity index (χ2v) is 11.2.